The van der Waals surface area contributed by atoms with Crippen LogP contribution in [0.3, 0.4) is 0 Å². The zero-order valence-electron chi connectivity index (χ0n) is 12.8. The molecule has 112 valence electrons. The maximum atomic E-state index is 5.74. The van der Waals surface area contributed by atoms with E-state index in [1.165, 1.54) is 24.9 Å². The van der Waals surface area contributed by atoms with Crippen molar-refractivity contribution in [3.8, 4) is 5.88 Å². The van der Waals surface area contributed by atoms with Crippen LogP contribution in [0.15, 0.2) is 18.3 Å². The Balaban J connectivity index is 1.68. The average Bonchev–Trinajstić information content (AvgIpc) is 2.87. The molecule has 0 aliphatic carbocycles. The number of nitrogens with one attached hydrogen (secondary N) is 1. The Bertz CT molecular complexity index is 380. The summed E-state index contributed by atoms with van der Waals surface area (Å²) in [5, 5.41) is 3.37. The molecule has 1 unspecified atom stereocenters. The SMILES string of the molecule is CCCNCc1ccc(OCCC2CCCN2C)nc1. The van der Waals surface area contributed by atoms with Gasteiger partial charge in [-0.3, -0.25) is 0 Å². The molecule has 1 saturated heterocycles. The van der Waals surface area contributed by atoms with Crippen LogP contribution in [0, 0.1) is 0 Å². The molecular formula is C16H27N3O. The van der Waals surface area contributed by atoms with Crippen LogP contribution in [0.5, 0.6) is 5.88 Å². The van der Waals surface area contributed by atoms with E-state index >= 15 is 0 Å². The Labute approximate surface area is 122 Å². The molecule has 1 aliphatic heterocycles. The van der Waals surface area contributed by atoms with Crippen LogP contribution in [-0.2, 0) is 6.54 Å². The Morgan fingerprint density at radius 2 is 2.35 bits per heavy atom. The number of hydrogen-bond acceptors (Lipinski definition) is 4. The van der Waals surface area contributed by atoms with Gasteiger partial charge in [0.1, 0.15) is 0 Å². The first-order valence-electron chi connectivity index (χ1n) is 7.78. The van der Waals surface area contributed by atoms with Crippen molar-refractivity contribution in [3.63, 3.8) is 0 Å². The fraction of sp³-hybridized carbons (Fsp3) is 0.688. The van der Waals surface area contributed by atoms with Crippen LogP contribution in [0.1, 0.15) is 38.2 Å². The van der Waals surface area contributed by atoms with Crippen LogP contribution >= 0.6 is 0 Å². The van der Waals surface area contributed by atoms with Gasteiger partial charge in [0.2, 0.25) is 5.88 Å². The molecule has 2 rings (SSSR count). The van der Waals surface area contributed by atoms with Crippen molar-refractivity contribution in [2.75, 3.05) is 26.7 Å². The third kappa shape index (κ3) is 4.76. The summed E-state index contributed by atoms with van der Waals surface area (Å²) in [4.78, 5) is 6.79. The minimum atomic E-state index is 0.688. The summed E-state index contributed by atoms with van der Waals surface area (Å²) < 4.78 is 5.74. The highest BCUT2D eigenvalue weighted by atomic mass is 16.5. The number of likely N-dealkylation sites (tertiary alicyclic amines) is 1. The zero-order valence-corrected chi connectivity index (χ0v) is 12.8. The summed E-state index contributed by atoms with van der Waals surface area (Å²) in [5.41, 5.74) is 1.21. The smallest absolute Gasteiger partial charge is 0.213 e. The van der Waals surface area contributed by atoms with Gasteiger partial charge in [0, 0.05) is 24.8 Å². The number of pyridine rings is 1. The predicted molar refractivity (Wildman–Crippen MR) is 82.0 cm³/mol. The topological polar surface area (TPSA) is 37.4 Å². The van der Waals surface area contributed by atoms with E-state index in [-0.39, 0.29) is 0 Å². The summed E-state index contributed by atoms with van der Waals surface area (Å²) in [6, 6.07) is 4.75. The highest BCUT2D eigenvalue weighted by Gasteiger charge is 2.20. The first-order valence-corrected chi connectivity index (χ1v) is 7.78. The van der Waals surface area contributed by atoms with Gasteiger partial charge < -0.3 is 15.0 Å². The minimum Gasteiger partial charge on any atom is -0.478 e. The van der Waals surface area contributed by atoms with Gasteiger partial charge >= 0.3 is 0 Å². The number of ether oxygens (including phenoxy) is 1. The molecule has 0 spiro atoms. The van der Waals surface area contributed by atoms with Gasteiger partial charge in [-0.15, -0.1) is 0 Å². The summed E-state index contributed by atoms with van der Waals surface area (Å²) in [5.74, 6) is 0.741. The zero-order chi connectivity index (χ0) is 14.2. The van der Waals surface area contributed by atoms with Gasteiger partial charge in [0.05, 0.1) is 6.61 Å². The quantitative estimate of drug-likeness (QED) is 0.741. The van der Waals surface area contributed by atoms with Crippen LogP contribution in [0.2, 0.25) is 0 Å². The molecule has 2 heterocycles. The molecule has 1 aliphatic rings. The second kappa shape index (κ2) is 8.22. The van der Waals surface area contributed by atoms with Crippen molar-refractivity contribution in [2.24, 2.45) is 0 Å². The van der Waals surface area contributed by atoms with Gasteiger partial charge in [0.25, 0.3) is 0 Å². The van der Waals surface area contributed by atoms with E-state index in [1.807, 2.05) is 12.3 Å². The third-order valence-corrected chi connectivity index (χ3v) is 3.93. The number of hydrogen-bond donors (Lipinski definition) is 1. The molecule has 4 heteroatoms. The van der Waals surface area contributed by atoms with Gasteiger partial charge in [-0.25, -0.2) is 4.98 Å². The molecule has 1 atom stereocenters. The number of nitrogens with zero attached hydrogens (tertiary/aromatic N) is 2. The van der Waals surface area contributed by atoms with Crippen LogP contribution in [-0.4, -0.2) is 42.7 Å². The molecule has 1 fully saturated rings. The fourth-order valence-electron chi connectivity index (χ4n) is 2.65. The van der Waals surface area contributed by atoms with Crippen molar-refractivity contribution in [3.05, 3.63) is 23.9 Å². The molecule has 1 aromatic heterocycles. The molecule has 0 aromatic carbocycles. The van der Waals surface area contributed by atoms with Gasteiger partial charge in [-0.2, -0.15) is 0 Å². The first kappa shape index (κ1) is 15.3. The standard InChI is InChI=1S/C16H27N3O/c1-3-9-17-12-14-6-7-16(18-13-14)20-11-8-15-5-4-10-19(15)2/h6-7,13,15,17H,3-5,8-12H2,1-2H3. The highest BCUT2D eigenvalue weighted by molar-refractivity contribution is 5.17. The maximum absolute atomic E-state index is 5.74. The Kier molecular flexibility index (Phi) is 6.27. The lowest BCUT2D eigenvalue weighted by Gasteiger charge is -2.19. The van der Waals surface area contributed by atoms with Crippen molar-refractivity contribution < 1.29 is 4.74 Å². The highest BCUT2D eigenvalue weighted by Crippen LogP contribution is 2.18. The van der Waals surface area contributed by atoms with Crippen molar-refractivity contribution >= 4 is 0 Å². The maximum Gasteiger partial charge on any atom is 0.213 e. The van der Waals surface area contributed by atoms with E-state index in [0.29, 0.717) is 6.04 Å². The van der Waals surface area contributed by atoms with Crippen LogP contribution in [0.4, 0.5) is 0 Å². The second-order valence-electron chi connectivity index (χ2n) is 5.60. The fourth-order valence-corrected chi connectivity index (χ4v) is 2.65. The van der Waals surface area contributed by atoms with Crippen molar-refractivity contribution in [1.29, 1.82) is 0 Å². The predicted octanol–water partition coefficient (Wildman–Crippen LogP) is 2.44. The van der Waals surface area contributed by atoms with Crippen LogP contribution in [0.25, 0.3) is 0 Å². The summed E-state index contributed by atoms with van der Waals surface area (Å²) in [6.45, 7) is 6.09. The lowest BCUT2D eigenvalue weighted by atomic mass is 10.1. The average molecular weight is 277 g/mol. The monoisotopic (exact) mass is 277 g/mol. The lowest BCUT2D eigenvalue weighted by molar-refractivity contribution is 0.228. The molecule has 1 aromatic rings. The Hall–Kier alpha value is -1.13. The van der Waals surface area contributed by atoms with Crippen molar-refractivity contribution in [2.45, 2.75) is 45.2 Å². The molecule has 0 amide bonds. The molecule has 20 heavy (non-hydrogen) atoms. The Morgan fingerprint density at radius 3 is 3.00 bits per heavy atom. The van der Waals surface area contributed by atoms with E-state index < -0.39 is 0 Å². The normalized spacial score (nSPS) is 19.4. The summed E-state index contributed by atoms with van der Waals surface area (Å²) >= 11 is 0. The largest absolute Gasteiger partial charge is 0.478 e. The molecule has 4 nitrogen and oxygen atoms in total. The van der Waals surface area contributed by atoms with Gasteiger partial charge in [-0.1, -0.05) is 13.0 Å². The summed E-state index contributed by atoms with van der Waals surface area (Å²) in [7, 11) is 2.20. The van der Waals surface area contributed by atoms with E-state index in [0.717, 1.165) is 38.4 Å². The van der Waals surface area contributed by atoms with Crippen LogP contribution < -0.4 is 10.1 Å². The number of rotatable bonds is 8. The Morgan fingerprint density at radius 1 is 1.45 bits per heavy atom. The van der Waals surface area contributed by atoms with Gasteiger partial charge in [0.15, 0.2) is 0 Å². The van der Waals surface area contributed by atoms with Gasteiger partial charge in [-0.05, 0) is 51.4 Å². The minimum absolute atomic E-state index is 0.688. The molecule has 0 radical (unpaired) electrons. The third-order valence-electron chi connectivity index (χ3n) is 3.93. The van der Waals surface area contributed by atoms with E-state index in [4.69, 9.17) is 4.74 Å². The first-order chi connectivity index (χ1) is 9.79. The van der Waals surface area contributed by atoms with Crippen molar-refractivity contribution in [1.82, 2.24) is 15.2 Å². The van der Waals surface area contributed by atoms with E-state index in [9.17, 15) is 0 Å². The summed E-state index contributed by atoms with van der Waals surface area (Å²) in [6.07, 6.45) is 6.77. The lowest BCUT2D eigenvalue weighted by Crippen LogP contribution is -2.26. The molecular weight excluding hydrogens is 250 g/mol. The number of aromatic nitrogens is 1. The molecule has 0 bridgehead atoms. The second-order valence-corrected chi connectivity index (χ2v) is 5.60. The molecule has 1 N–H and O–H groups in total. The van der Waals surface area contributed by atoms with E-state index in [2.05, 4.69) is 35.2 Å². The molecule has 0 saturated carbocycles. The van der Waals surface area contributed by atoms with E-state index in [1.54, 1.807) is 0 Å².